The van der Waals surface area contributed by atoms with Crippen molar-refractivity contribution in [3.8, 4) is 0 Å². The predicted molar refractivity (Wildman–Crippen MR) is 69.9 cm³/mol. The van der Waals surface area contributed by atoms with Crippen LogP contribution in [0, 0.1) is 0 Å². The number of unbranched alkanes of at least 4 members (excludes halogenated alkanes) is 1. The molecule has 0 spiro atoms. The molecule has 0 fully saturated rings. The van der Waals surface area contributed by atoms with Gasteiger partial charge in [-0.3, -0.25) is 4.79 Å². The van der Waals surface area contributed by atoms with Crippen LogP contribution < -0.4 is 11.5 Å². The summed E-state index contributed by atoms with van der Waals surface area (Å²) in [7, 11) is 1.37. The zero-order valence-electron chi connectivity index (χ0n) is 11.7. The second kappa shape index (κ2) is 7.33. The minimum absolute atomic E-state index is 0.429. The number of ether oxygens (including phenoxy) is 1. The number of likely N-dealkylation sites (N-methyl/N-ethyl adjacent to an activating group) is 1. The van der Waals surface area contributed by atoms with E-state index in [1.165, 1.54) is 7.05 Å². The molecule has 0 aromatic heterocycles. The molecule has 0 aliphatic rings. The Bertz CT molecular complexity index is 287. The van der Waals surface area contributed by atoms with Crippen LogP contribution in [0.2, 0.25) is 0 Å². The smallest absolute Gasteiger partial charge is 0.416 e. The number of amides is 2. The van der Waals surface area contributed by atoms with Crippen molar-refractivity contribution in [3.05, 3.63) is 0 Å². The van der Waals surface area contributed by atoms with Crippen molar-refractivity contribution in [2.24, 2.45) is 11.5 Å². The van der Waals surface area contributed by atoms with E-state index in [9.17, 15) is 9.59 Å². The van der Waals surface area contributed by atoms with Gasteiger partial charge in [0, 0.05) is 7.05 Å². The molecule has 0 radical (unpaired) electrons. The van der Waals surface area contributed by atoms with Gasteiger partial charge in [0.15, 0.2) is 0 Å². The van der Waals surface area contributed by atoms with Crippen LogP contribution in [0.5, 0.6) is 0 Å². The van der Waals surface area contributed by atoms with E-state index in [-0.39, 0.29) is 0 Å². The number of nitrogens with zero attached hydrogens (tertiary/aromatic N) is 1. The molecule has 0 bridgehead atoms. The second-order valence-corrected chi connectivity index (χ2v) is 5.27. The Hall–Kier alpha value is -1.14. The molecule has 0 heterocycles. The van der Waals surface area contributed by atoms with Gasteiger partial charge in [0.25, 0.3) is 0 Å². The molecule has 4 N–H and O–H groups in total. The minimum Gasteiger partial charge on any atom is -0.443 e. The summed E-state index contributed by atoms with van der Waals surface area (Å²) in [6.45, 7) is 5.79. The van der Waals surface area contributed by atoms with Gasteiger partial charge >= 0.3 is 6.09 Å². The zero-order valence-corrected chi connectivity index (χ0v) is 11.7. The number of carbonyl (C=O) groups is 2. The number of nitrogens with two attached hydrogens (primary N) is 2. The normalized spacial score (nSPS) is 13.0. The highest BCUT2D eigenvalue weighted by Crippen LogP contribution is 2.10. The summed E-state index contributed by atoms with van der Waals surface area (Å²) in [6.07, 6.45) is 1.42. The third-order valence-corrected chi connectivity index (χ3v) is 2.28. The molecular weight excluding hydrogens is 234 g/mol. The maximum atomic E-state index is 11.8. The van der Waals surface area contributed by atoms with Crippen LogP contribution in [0.4, 0.5) is 4.79 Å². The summed E-state index contributed by atoms with van der Waals surface area (Å²) >= 11 is 0. The fraction of sp³-hybridized carbons (Fsp3) is 0.833. The van der Waals surface area contributed by atoms with Gasteiger partial charge in [0.2, 0.25) is 5.91 Å². The quantitative estimate of drug-likeness (QED) is 0.713. The fourth-order valence-electron chi connectivity index (χ4n) is 1.30. The maximum absolute atomic E-state index is 11.8. The van der Waals surface area contributed by atoms with Crippen molar-refractivity contribution in [1.82, 2.24) is 4.90 Å². The van der Waals surface area contributed by atoms with Crippen LogP contribution in [0.3, 0.4) is 0 Å². The van der Waals surface area contributed by atoms with Crippen molar-refractivity contribution in [3.63, 3.8) is 0 Å². The minimum atomic E-state index is -0.686. The van der Waals surface area contributed by atoms with E-state index < -0.39 is 23.6 Å². The number of carbonyl (C=O) groups excluding carboxylic acids is 2. The Morgan fingerprint density at radius 3 is 2.28 bits per heavy atom. The molecule has 0 saturated heterocycles. The highest BCUT2D eigenvalue weighted by atomic mass is 16.6. The molecule has 2 amide bonds. The lowest BCUT2D eigenvalue weighted by atomic mass is 10.1. The number of hydrogen-bond acceptors (Lipinski definition) is 5. The van der Waals surface area contributed by atoms with Gasteiger partial charge in [0.05, 0.1) is 6.04 Å². The number of rotatable bonds is 5. The van der Waals surface area contributed by atoms with E-state index in [0.717, 1.165) is 17.7 Å². The van der Waals surface area contributed by atoms with E-state index in [0.29, 0.717) is 13.0 Å². The van der Waals surface area contributed by atoms with Gasteiger partial charge < -0.3 is 16.2 Å². The Kier molecular flexibility index (Phi) is 6.86. The molecular formula is C12H25N3O3. The average molecular weight is 259 g/mol. The molecule has 6 heteroatoms. The maximum Gasteiger partial charge on any atom is 0.416 e. The standard InChI is InChI=1S/C12H25N3O3/c1-12(2,3)18-11(17)15(4)10(16)9(14)7-5-6-8-13/h9H,5-8,13-14H2,1-4H3/t9-/m0/s1. The van der Waals surface area contributed by atoms with Gasteiger partial charge in [-0.2, -0.15) is 0 Å². The third-order valence-electron chi connectivity index (χ3n) is 2.28. The molecule has 0 rings (SSSR count). The first-order chi connectivity index (χ1) is 8.19. The summed E-state index contributed by atoms with van der Waals surface area (Å²) in [5, 5.41) is 0. The summed E-state index contributed by atoms with van der Waals surface area (Å²) in [6, 6.07) is -0.686. The van der Waals surface area contributed by atoms with Crippen LogP contribution in [0.1, 0.15) is 40.0 Å². The Morgan fingerprint density at radius 1 is 1.28 bits per heavy atom. The first kappa shape index (κ1) is 16.9. The SMILES string of the molecule is CN(C(=O)OC(C)(C)C)C(=O)[C@@H](N)CCCCN. The predicted octanol–water partition coefficient (Wildman–Crippen LogP) is 0.836. The molecule has 0 aliphatic heterocycles. The molecule has 6 nitrogen and oxygen atoms in total. The first-order valence-electron chi connectivity index (χ1n) is 6.15. The van der Waals surface area contributed by atoms with Gasteiger partial charge in [-0.15, -0.1) is 0 Å². The van der Waals surface area contributed by atoms with Gasteiger partial charge in [-0.1, -0.05) is 6.42 Å². The second-order valence-electron chi connectivity index (χ2n) is 5.27. The highest BCUT2D eigenvalue weighted by molar-refractivity contribution is 5.94. The summed E-state index contributed by atoms with van der Waals surface area (Å²) < 4.78 is 5.09. The fourth-order valence-corrected chi connectivity index (χ4v) is 1.30. The monoisotopic (exact) mass is 259 g/mol. The lowest BCUT2D eigenvalue weighted by molar-refractivity contribution is -0.130. The zero-order chi connectivity index (χ0) is 14.3. The first-order valence-corrected chi connectivity index (χ1v) is 6.15. The molecule has 0 aromatic carbocycles. The van der Waals surface area contributed by atoms with E-state index in [4.69, 9.17) is 16.2 Å². The van der Waals surface area contributed by atoms with Crippen molar-refractivity contribution in [2.75, 3.05) is 13.6 Å². The van der Waals surface area contributed by atoms with Gasteiger partial charge in [-0.05, 0) is 40.2 Å². The topological polar surface area (TPSA) is 98.6 Å². The van der Waals surface area contributed by atoms with Crippen molar-refractivity contribution < 1.29 is 14.3 Å². The largest absolute Gasteiger partial charge is 0.443 e. The molecule has 1 atom stereocenters. The third kappa shape index (κ3) is 6.56. The van der Waals surface area contributed by atoms with E-state index in [2.05, 4.69) is 0 Å². The van der Waals surface area contributed by atoms with Gasteiger partial charge in [0.1, 0.15) is 5.60 Å². The van der Waals surface area contributed by atoms with E-state index in [1.54, 1.807) is 20.8 Å². The van der Waals surface area contributed by atoms with Crippen LogP contribution >= 0.6 is 0 Å². The summed E-state index contributed by atoms with van der Waals surface area (Å²) in [4.78, 5) is 24.4. The molecule has 18 heavy (non-hydrogen) atoms. The number of imide groups is 1. The number of hydrogen-bond donors (Lipinski definition) is 2. The van der Waals surface area contributed by atoms with E-state index >= 15 is 0 Å². The summed E-state index contributed by atoms with van der Waals surface area (Å²) in [5.41, 5.74) is 10.4. The Balaban J connectivity index is 4.27. The summed E-state index contributed by atoms with van der Waals surface area (Å²) in [5.74, 6) is -0.429. The van der Waals surface area contributed by atoms with Crippen molar-refractivity contribution >= 4 is 12.0 Å². The van der Waals surface area contributed by atoms with Crippen LogP contribution in [-0.2, 0) is 9.53 Å². The lowest BCUT2D eigenvalue weighted by Gasteiger charge is -2.25. The highest BCUT2D eigenvalue weighted by Gasteiger charge is 2.26. The van der Waals surface area contributed by atoms with Crippen molar-refractivity contribution in [2.45, 2.75) is 51.7 Å². The molecule has 0 aromatic rings. The molecule has 0 unspecified atom stereocenters. The average Bonchev–Trinajstić information content (AvgIpc) is 2.24. The Morgan fingerprint density at radius 2 is 1.83 bits per heavy atom. The van der Waals surface area contributed by atoms with E-state index in [1.807, 2.05) is 0 Å². The molecule has 0 saturated carbocycles. The van der Waals surface area contributed by atoms with Gasteiger partial charge in [-0.25, -0.2) is 9.69 Å². The molecule has 106 valence electrons. The lowest BCUT2D eigenvalue weighted by Crippen LogP contribution is -2.46. The van der Waals surface area contributed by atoms with Crippen molar-refractivity contribution in [1.29, 1.82) is 0 Å². The Labute approximate surface area is 109 Å². The van der Waals surface area contributed by atoms with Crippen LogP contribution in [0.15, 0.2) is 0 Å². The molecule has 0 aliphatic carbocycles. The van der Waals surface area contributed by atoms with Crippen LogP contribution in [-0.4, -0.2) is 42.1 Å². The van der Waals surface area contributed by atoms with Crippen LogP contribution in [0.25, 0.3) is 0 Å².